The van der Waals surface area contributed by atoms with E-state index in [1.54, 1.807) is 0 Å². The molecule has 2 nitrogen and oxygen atoms in total. The molecule has 1 aliphatic carbocycles. The second-order valence-electron chi connectivity index (χ2n) is 5.42. The lowest BCUT2D eigenvalue weighted by Crippen LogP contribution is -2.32. The van der Waals surface area contributed by atoms with Crippen LogP contribution in [0.2, 0.25) is 0 Å². The van der Waals surface area contributed by atoms with Crippen LogP contribution < -0.4 is 5.32 Å². The van der Waals surface area contributed by atoms with Crippen molar-refractivity contribution in [3.8, 4) is 0 Å². The first-order valence-corrected chi connectivity index (χ1v) is 6.67. The highest BCUT2D eigenvalue weighted by molar-refractivity contribution is 4.73. The molecule has 1 atom stereocenters. The second-order valence-corrected chi connectivity index (χ2v) is 5.42. The molecule has 0 radical (unpaired) electrons. The zero-order valence-electron chi connectivity index (χ0n) is 10.0. The summed E-state index contributed by atoms with van der Waals surface area (Å²) in [7, 11) is 0. The highest BCUT2D eigenvalue weighted by Gasteiger charge is 2.19. The summed E-state index contributed by atoms with van der Waals surface area (Å²) in [5.74, 6) is 1.90. The van der Waals surface area contributed by atoms with E-state index in [0.717, 1.165) is 25.0 Å². The van der Waals surface area contributed by atoms with Gasteiger partial charge in [0.25, 0.3) is 0 Å². The summed E-state index contributed by atoms with van der Waals surface area (Å²) in [6, 6.07) is 0. The Labute approximate surface area is 93.8 Å². The zero-order chi connectivity index (χ0) is 10.5. The van der Waals surface area contributed by atoms with E-state index in [2.05, 4.69) is 12.2 Å². The monoisotopic (exact) mass is 211 g/mol. The van der Waals surface area contributed by atoms with Crippen molar-refractivity contribution in [1.82, 2.24) is 5.32 Å². The Kier molecular flexibility index (Phi) is 4.45. The molecular formula is C13H25NO. The fourth-order valence-electron chi connectivity index (χ4n) is 2.79. The highest BCUT2D eigenvalue weighted by atomic mass is 16.5. The van der Waals surface area contributed by atoms with Gasteiger partial charge in [-0.15, -0.1) is 0 Å². The van der Waals surface area contributed by atoms with Crippen LogP contribution in [0.3, 0.4) is 0 Å². The van der Waals surface area contributed by atoms with E-state index in [0.29, 0.717) is 6.10 Å². The molecule has 2 heteroatoms. The molecule has 2 rings (SSSR count). The van der Waals surface area contributed by atoms with E-state index >= 15 is 0 Å². The third-order valence-electron chi connectivity index (χ3n) is 3.96. The van der Waals surface area contributed by atoms with Crippen molar-refractivity contribution in [2.75, 3.05) is 19.7 Å². The van der Waals surface area contributed by atoms with Crippen LogP contribution in [0.4, 0.5) is 0 Å². The SMILES string of the molecule is CC1CCC(CNCC2CCCO2)CC1. The van der Waals surface area contributed by atoms with Crippen LogP contribution in [-0.2, 0) is 4.74 Å². The fraction of sp³-hybridized carbons (Fsp3) is 1.00. The number of rotatable bonds is 4. The average Bonchev–Trinajstić information content (AvgIpc) is 2.74. The molecule has 1 saturated heterocycles. The molecule has 0 bridgehead atoms. The molecule has 0 aromatic rings. The molecule has 2 fully saturated rings. The fourth-order valence-corrected chi connectivity index (χ4v) is 2.79. The molecule has 1 heterocycles. The van der Waals surface area contributed by atoms with Gasteiger partial charge in [-0.1, -0.05) is 19.8 Å². The van der Waals surface area contributed by atoms with Crippen molar-refractivity contribution < 1.29 is 4.74 Å². The van der Waals surface area contributed by atoms with Gasteiger partial charge in [0.2, 0.25) is 0 Å². The lowest BCUT2D eigenvalue weighted by atomic mass is 9.83. The minimum Gasteiger partial charge on any atom is -0.377 e. The lowest BCUT2D eigenvalue weighted by Gasteiger charge is -2.26. The zero-order valence-corrected chi connectivity index (χ0v) is 10.0. The third kappa shape index (κ3) is 3.76. The summed E-state index contributed by atoms with van der Waals surface area (Å²) in [5, 5.41) is 3.59. The van der Waals surface area contributed by atoms with E-state index < -0.39 is 0 Å². The van der Waals surface area contributed by atoms with Gasteiger partial charge in [-0.25, -0.2) is 0 Å². The summed E-state index contributed by atoms with van der Waals surface area (Å²) in [5.41, 5.74) is 0. The Morgan fingerprint density at radius 1 is 1.07 bits per heavy atom. The second kappa shape index (κ2) is 5.86. The quantitative estimate of drug-likeness (QED) is 0.771. The summed E-state index contributed by atoms with van der Waals surface area (Å²) in [6.45, 7) is 5.65. The van der Waals surface area contributed by atoms with Crippen LogP contribution in [-0.4, -0.2) is 25.8 Å². The van der Waals surface area contributed by atoms with Crippen LogP contribution in [0.15, 0.2) is 0 Å². The predicted molar refractivity (Wildman–Crippen MR) is 63.0 cm³/mol. The number of nitrogens with one attached hydrogen (secondary N) is 1. The van der Waals surface area contributed by atoms with Gasteiger partial charge < -0.3 is 10.1 Å². The normalized spacial score (nSPS) is 37.0. The Morgan fingerprint density at radius 3 is 2.53 bits per heavy atom. The number of ether oxygens (including phenoxy) is 1. The molecule has 1 unspecified atom stereocenters. The Balaban J connectivity index is 1.53. The molecule has 0 aromatic heterocycles. The van der Waals surface area contributed by atoms with Crippen molar-refractivity contribution >= 4 is 0 Å². The summed E-state index contributed by atoms with van der Waals surface area (Å²) < 4.78 is 5.60. The van der Waals surface area contributed by atoms with Gasteiger partial charge in [-0.3, -0.25) is 0 Å². The van der Waals surface area contributed by atoms with Gasteiger partial charge in [0.1, 0.15) is 0 Å². The van der Waals surface area contributed by atoms with Gasteiger partial charge >= 0.3 is 0 Å². The number of hydrogen-bond acceptors (Lipinski definition) is 2. The number of hydrogen-bond donors (Lipinski definition) is 1. The summed E-state index contributed by atoms with van der Waals surface area (Å²) >= 11 is 0. The molecule has 0 aromatic carbocycles. The first kappa shape index (κ1) is 11.4. The van der Waals surface area contributed by atoms with Gasteiger partial charge in [-0.05, 0) is 44.1 Å². The highest BCUT2D eigenvalue weighted by Crippen LogP contribution is 2.27. The third-order valence-corrected chi connectivity index (χ3v) is 3.96. The Hall–Kier alpha value is -0.0800. The first-order valence-electron chi connectivity index (χ1n) is 6.67. The minimum atomic E-state index is 0.507. The molecule has 2 aliphatic rings. The van der Waals surface area contributed by atoms with Crippen LogP contribution in [0.5, 0.6) is 0 Å². The van der Waals surface area contributed by atoms with Crippen LogP contribution in [0, 0.1) is 11.8 Å². The van der Waals surface area contributed by atoms with Gasteiger partial charge in [0, 0.05) is 13.2 Å². The molecule has 88 valence electrons. The van der Waals surface area contributed by atoms with E-state index in [-0.39, 0.29) is 0 Å². The maximum Gasteiger partial charge on any atom is 0.0700 e. The van der Waals surface area contributed by atoms with Crippen LogP contribution >= 0.6 is 0 Å². The summed E-state index contributed by atoms with van der Waals surface area (Å²) in [6.07, 6.45) is 8.76. The van der Waals surface area contributed by atoms with Crippen LogP contribution in [0.1, 0.15) is 45.4 Å². The van der Waals surface area contributed by atoms with E-state index in [9.17, 15) is 0 Å². The van der Waals surface area contributed by atoms with Crippen molar-refractivity contribution in [3.63, 3.8) is 0 Å². The Morgan fingerprint density at radius 2 is 1.87 bits per heavy atom. The van der Waals surface area contributed by atoms with Crippen molar-refractivity contribution in [1.29, 1.82) is 0 Å². The molecule has 1 aliphatic heterocycles. The maximum atomic E-state index is 5.60. The van der Waals surface area contributed by atoms with Crippen molar-refractivity contribution in [2.45, 2.75) is 51.6 Å². The van der Waals surface area contributed by atoms with E-state index in [1.807, 2.05) is 0 Å². The smallest absolute Gasteiger partial charge is 0.0700 e. The van der Waals surface area contributed by atoms with Crippen molar-refractivity contribution in [2.24, 2.45) is 11.8 Å². The minimum absolute atomic E-state index is 0.507. The standard InChI is InChI=1S/C13H25NO/c1-11-4-6-12(7-5-11)9-14-10-13-3-2-8-15-13/h11-14H,2-10H2,1H3. The van der Waals surface area contributed by atoms with Gasteiger partial charge in [-0.2, -0.15) is 0 Å². The molecule has 0 amide bonds. The first-order chi connectivity index (χ1) is 7.34. The molecule has 0 spiro atoms. The largest absolute Gasteiger partial charge is 0.377 e. The Bertz CT molecular complexity index is 169. The van der Waals surface area contributed by atoms with E-state index in [1.165, 1.54) is 45.1 Å². The maximum absolute atomic E-state index is 5.60. The average molecular weight is 211 g/mol. The van der Waals surface area contributed by atoms with Crippen LogP contribution in [0.25, 0.3) is 0 Å². The summed E-state index contributed by atoms with van der Waals surface area (Å²) in [4.78, 5) is 0. The van der Waals surface area contributed by atoms with Gasteiger partial charge in [0.05, 0.1) is 6.10 Å². The molecule has 15 heavy (non-hydrogen) atoms. The molecule has 1 saturated carbocycles. The van der Waals surface area contributed by atoms with Gasteiger partial charge in [0.15, 0.2) is 0 Å². The molecular weight excluding hydrogens is 186 g/mol. The van der Waals surface area contributed by atoms with Crippen molar-refractivity contribution in [3.05, 3.63) is 0 Å². The van der Waals surface area contributed by atoms with E-state index in [4.69, 9.17) is 4.74 Å². The molecule has 1 N–H and O–H groups in total. The predicted octanol–water partition coefficient (Wildman–Crippen LogP) is 2.58. The lowest BCUT2D eigenvalue weighted by molar-refractivity contribution is 0.108. The topological polar surface area (TPSA) is 21.3 Å².